The van der Waals surface area contributed by atoms with Gasteiger partial charge in [0.1, 0.15) is 11.4 Å². The van der Waals surface area contributed by atoms with Crippen LogP contribution in [-0.4, -0.2) is 62.3 Å². The van der Waals surface area contributed by atoms with Gasteiger partial charge >= 0.3 is 6.09 Å². The molecule has 2 aliphatic rings. The van der Waals surface area contributed by atoms with E-state index in [0.29, 0.717) is 12.4 Å². The number of nitrogens with one attached hydrogen (secondary N) is 1. The molecular formula is C29H30FN7O4. The van der Waals surface area contributed by atoms with E-state index in [1.165, 1.54) is 35.9 Å². The number of nitrogens with zero attached hydrogens (tertiary/aromatic N) is 6. The maximum atomic E-state index is 15.0. The van der Waals surface area contributed by atoms with Gasteiger partial charge in [-0.2, -0.15) is 10.4 Å². The van der Waals surface area contributed by atoms with Crippen LogP contribution >= 0.6 is 0 Å². The summed E-state index contributed by atoms with van der Waals surface area (Å²) in [7, 11) is 0. The minimum atomic E-state index is -0.831. The maximum Gasteiger partial charge on any atom is 0.417 e. The van der Waals surface area contributed by atoms with Crippen molar-refractivity contribution in [3.05, 3.63) is 59.2 Å². The Kier molecular flexibility index (Phi) is 7.21. The number of hydrogen-bond acceptors (Lipinski definition) is 8. The third-order valence-corrected chi connectivity index (χ3v) is 6.82. The van der Waals surface area contributed by atoms with Gasteiger partial charge in [-0.15, -0.1) is 0 Å². The number of rotatable bonds is 4. The molecule has 0 unspecified atom stereocenters. The molecule has 3 aromatic rings. The molecule has 1 fully saturated rings. The topological polar surface area (TPSA) is 133 Å². The number of fused-ring (bicyclic) bond motifs is 1. The van der Waals surface area contributed by atoms with Crippen molar-refractivity contribution < 1.29 is 23.5 Å². The van der Waals surface area contributed by atoms with Gasteiger partial charge in [-0.05, 0) is 51.8 Å². The summed E-state index contributed by atoms with van der Waals surface area (Å²) >= 11 is 0. The molecule has 3 amide bonds. The zero-order chi connectivity index (χ0) is 29.5. The van der Waals surface area contributed by atoms with E-state index in [4.69, 9.17) is 9.84 Å². The Hall–Kier alpha value is -4.79. The quantitative estimate of drug-likeness (QED) is 0.508. The first-order chi connectivity index (χ1) is 19.4. The predicted molar refractivity (Wildman–Crippen MR) is 147 cm³/mol. The van der Waals surface area contributed by atoms with Crippen LogP contribution < -0.4 is 10.2 Å². The highest BCUT2D eigenvalue weighted by Crippen LogP contribution is 2.34. The maximum absolute atomic E-state index is 15.0. The molecule has 41 heavy (non-hydrogen) atoms. The molecule has 1 aromatic carbocycles. The van der Waals surface area contributed by atoms with Crippen molar-refractivity contribution in [2.24, 2.45) is 0 Å². The van der Waals surface area contributed by atoms with Gasteiger partial charge in [-0.3, -0.25) is 9.59 Å². The summed E-state index contributed by atoms with van der Waals surface area (Å²) < 4.78 is 22.0. The lowest BCUT2D eigenvalue weighted by Crippen LogP contribution is -2.47. The van der Waals surface area contributed by atoms with Crippen LogP contribution in [0.25, 0.3) is 16.9 Å². The standard InChI is InChI=1S/C29H30FN7O4/c1-17(38)32-19-8-6-11-35(15-19)24-10-12-37(34-24)23-13-21(25-18(14-31)7-5-9-20(25)30)33-22-16-36(27(39)26(22)23)28(40)41-29(2,3)4/h5,7,9-10,12-13,19H,6,8,11,15-16H2,1-4H3,(H,32,38)/t19-/m1/s1. The van der Waals surface area contributed by atoms with Crippen LogP contribution in [0.3, 0.4) is 0 Å². The highest BCUT2D eigenvalue weighted by atomic mass is 19.1. The molecule has 2 aliphatic heterocycles. The molecular weight excluding hydrogens is 529 g/mol. The summed E-state index contributed by atoms with van der Waals surface area (Å²) in [5.41, 5.74) is 0.0324. The normalized spacial score (nSPS) is 16.8. The number of benzene rings is 1. The lowest BCUT2D eigenvalue weighted by atomic mass is 10.0. The first kappa shape index (κ1) is 27.8. The first-order valence-corrected chi connectivity index (χ1v) is 13.3. The summed E-state index contributed by atoms with van der Waals surface area (Å²) in [4.78, 5) is 45.6. The van der Waals surface area contributed by atoms with E-state index in [-0.39, 0.29) is 52.3 Å². The summed E-state index contributed by atoms with van der Waals surface area (Å²) in [6, 6.07) is 9.43. The smallest absolute Gasteiger partial charge is 0.417 e. The Morgan fingerprint density at radius 1 is 1.22 bits per heavy atom. The number of pyridine rings is 1. The fraction of sp³-hybridized carbons (Fsp3) is 0.379. The molecule has 2 aromatic heterocycles. The van der Waals surface area contributed by atoms with E-state index in [2.05, 4.69) is 10.3 Å². The zero-order valence-electron chi connectivity index (χ0n) is 23.3. The highest BCUT2D eigenvalue weighted by molar-refractivity contribution is 6.08. The molecule has 0 aliphatic carbocycles. The van der Waals surface area contributed by atoms with Crippen molar-refractivity contribution in [3.63, 3.8) is 0 Å². The van der Waals surface area contributed by atoms with Gasteiger partial charge in [0.25, 0.3) is 5.91 Å². The third kappa shape index (κ3) is 5.61. The zero-order valence-corrected chi connectivity index (χ0v) is 23.3. The second kappa shape index (κ2) is 10.6. The fourth-order valence-corrected chi connectivity index (χ4v) is 5.15. The highest BCUT2D eigenvalue weighted by Gasteiger charge is 2.39. The van der Waals surface area contributed by atoms with Crippen molar-refractivity contribution in [1.82, 2.24) is 25.0 Å². The van der Waals surface area contributed by atoms with Crippen LogP contribution in [0.1, 0.15) is 62.2 Å². The molecule has 0 radical (unpaired) electrons. The van der Waals surface area contributed by atoms with Crippen molar-refractivity contribution >= 4 is 23.7 Å². The average molecular weight is 560 g/mol. The number of anilines is 1. The number of halogens is 1. The van der Waals surface area contributed by atoms with Gasteiger partial charge in [0.05, 0.1) is 46.4 Å². The lowest BCUT2D eigenvalue weighted by molar-refractivity contribution is -0.119. The number of ether oxygens (including phenoxy) is 1. The van der Waals surface area contributed by atoms with Gasteiger partial charge in [0.2, 0.25) is 5.91 Å². The van der Waals surface area contributed by atoms with E-state index in [9.17, 15) is 19.6 Å². The Bertz CT molecular complexity index is 1590. The van der Waals surface area contributed by atoms with Gasteiger partial charge in [-0.1, -0.05) is 6.07 Å². The van der Waals surface area contributed by atoms with E-state index in [1.54, 1.807) is 33.0 Å². The van der Waals surface area contributed by atoms with E-state index in [1.807, 2.05) is 11.0 Å². The third-order valence-electron chi connectivity index (χ3n) is 6.82. The second-order valence-electron chi connectivity index (χ2n) is 11.1. The molecule has 5 rings (SSSR count). The second-order valence-corrected chi connectivity index (χ2v) is 11.1. The molecule has 1 atom stereocenters. The Labute approximate surface area is 236 Å². The van der Waals surface area contributed by atoms with Crippen LogP contribution in [0, 0.1) is 17.1 Å². The number of amides is 3. The molecule has 212 valence electrons. The minimum absolute atomic E-state index is 0.0104. The van der Waals surface area contributed by atoms with Crippen LogP contribution in [0.2, 0.25) is 0 Å². The van der Waals surface area contributed by atoms with Crippen LogP contribution in [-0.2, 0) is 16.1 Å². The Balaban J connectivity index is 1.58. The largest absolute Gasteiger partial charge is 0.443 e. The lowest BCUT2D eigenvalue weighted by Gasteiger charge is -2.33. The van der Waals surface area contributed by atoms with Crippen LogP contribution in [0.15, 0.2) is 36.5 Å². The number of piperidine rings is 1. The molecule has 1 saturated heterocycles. The van der Waals surface area contributed by atoms with Crippen molar-refractivity contribution in [2.75, 3.05) is 18.0 Å². The summed E-state index contributed by atoms with van der Waals surface area (Å²) in [6.07, 6.45) is 2.57. The number of aromatic nitrogens is 3. The van der Waals surface area contributed by atoms with E-state index in [0.717, 1.165) is 24.3 Å². The van der Waals surface area contributed by atoms with Gasteiger partial charge in [-0.25, -0.2) is 23.8 Å². The SMILES string of the molecule is CC(=O)N[C@@H]1CCCN(c2ccn(-c3cc(-c4c(F)cccc4C#N)nc4c3C(=O)N(C(=O)OC(C)(C)C)C4)n2)C1. The molecule has 12 heteroatoms. The van der Waals surface area contributed by atoms with Crippen molar-refractivity contribution in [1.29, 1.82) is 5.26 Å². The Morgan fingerprint density at radius 3 is 2.71 bits per heavy atom. The first-order valence-electron chi connectivity index (χ1n) is 13.3. The fourth-order valence-electron chi connectivity index (χ4n) is 5.15. The average Bonchev–Trinajstić information content (AvgIpc) is 3.52. The van der Waals surface area contributed by atoms with Gasteiger partial charge < -0.3 is 15.0 Å². The predicted octanol–water partition coefficient (Wildman–Crippen LogP) is 3.94. The summed E-state index contributed by atoms with van der Waals surface area (Å²) in [5, 5.41) is 17.3. The minimum Gasteiger partial charge on any atom is -0.443 e. The molecule has 0 saturated carbocycles. The number of hydrogen-bond donors (Lipinski definition) is 1. The van der Waals surface area contributed by atoms with Crippen molar-refractivity contribution in [2.45, 2.75) is 58.7 Å². The molecule has 0 spiro atoms. The Morgan fingerprint density at radius 2 is 2.00 bits per heavy atom. The molecule has 4 heterocycles. The van der Waals surface area contributed by atoms with Crippen LogP contribution in [0.5, 0.6) is 0 Å². The summed E-state index contributed by atoms with van der Waals surface area (Å²) in [6.45, 7) is 7.71. The number of imide groups is 1. The number of carbonyl (C=O) groups excluding carboxylic acids is 3. The van der Waals surface area contributed by atoms with E-state index < -0.39 is 23.4 Å². The summed E-state index contributed by atoms with van der Waals surface area (Å²) in [5.74, 6) is -0.724. The number of carbonyl (C=O) groups is 3. The monoisotopic (exact) mass is 559 g/mol. The molecule has 0 bridgehead atoms. The molecule has 11 nitrogen and oxygen atoms in total. The molecule has 1 N–H and O–H groups in total. The van der Waals surface area contributed by atoms with Gasteiger partial charge in [0, 0.05) is 38.3 Å². The van der Waals surface area contributed by atoms with Crippen LogP contribution in [0.4, 0.5) is 15.0 Å². The van der Waals surface area contributed by atoms with Gasteiger partial charge in [0.15, 0.2) is 5.82 Å². The number of nitriles is 1. The van der Waals surface area contributed by atoms with E-state index >= 15 is 4.39 Å². The van der Waals surface area contributed by atoms with Crippen molar-refractivity contribution in [3.8, 4) is 23.0 Å².